The van der Waals surface area contributed by atoms with E-state index in [1.165, 1.54) is 0 Å². The number of rotatable bonds is 6. The van der Waals surface area contributed by atoms with Gasteiger partial charge in [0.15, 0.2) is 11.8 Å². The topological polar surface area (TPSA) is 75.8 Å². The number of aromatic nitrogens is 2. The molecule has 1 fully saturated rings. The molecule has 0 spiro atoms. The van der Waals surface area contributed by atoms with E-state index in [0.29, 0.717) is 36.0 Å². The zero-order chi connectivity index (χ0) is 17.5. The van der Waals surface area contributed by atoms with Gasteiger partial charge >= 0.3 is 0 Å². The summed E-state index contributed by atoms with van der Waals surface area (Å²) in [5, 5.41) is 7.95. The summed E-state index contributed by atoms with van der Waals surface area (Å²) < 4.78 is 10.8. The Morgan fingerprint density at radius 3 is 2.96 bits per heavy atom. The number of hydrogen-bond acceptors (Lipinski definition) is 6. The third-order valence-corrected chi connectivity index (χ3v) is 5.55. The van der Waals surface area contributed by atoms with E-state index < -0.39 is 0 Å². The standard InChI is InChI=1S/C16H29N5O2S/c1-6-22-12(4)15-19-14(23-20-15)9-18-16(17-5)21-7-8-24-13(10-21)11(2)3/h11-13H,6-10H2,1-5H3,(H,17,18). The van der Waals surface area contributed by atoms with Gasteiger partial charge in [0.1, 0.15) is 6.10 Å². The van der Waals surface area contributed by atoms with E-state index >= 15 is 0 Å². The molecule has 8 heteroatoms. The zero-order valence-corrected chi connectivity index (χ0v) is 16.1. The van der Waals surface area contributed by atoms with E-state index in [1.54, 1.807) is 0 Å². The minimum atomic E-state index is -0.155. The maximum atomic E-state index is 5.48. The highest BCUT2D eigenvalue weighted by Crippen LogP contribution is 2.24. The van der Waals surface area contributed by atoms with E-state index in [4.69, 9.17) is 9.26 Å². The van der Waals surface area contributed by atoms with Gasteiger partial charge in [-0.25, -0.2) is 0 Å². The van der Waals surface area contributed by atoms with Gasteiger partial charge in [0, 0.05) is 37.7 Å². The van der Waals surface area contributed by atoms with Gasteiger partial charge in [-0.3, -0.25) is 4.99 Å². The summed E-state index contributed by atoms with van der Waals surface area (Å²) in [4.78, 5) is 11.1. The van der Waals surface area contributed by atoms with Crippen molar-refractivity contribution >= 4 is 17.7 Å². The Labute approximate surface area is 148 Å². The average Bonchev–Trinajstić information content (AvgIpc) is 3.05. The lowest BCUT2D eigenvalue weighted by Crippen LogP contribution is -2.48. The molecule has 1 aliphatic heterocycles. The minimum absolute atomic E-state index is 0.155. The highest BCUT2D eigenvalue weighted by atomic mass is 32.2. The van der Waals surface area contributed by atoms with E-state index in [2.05, 4.69) is 39.2 Å². The molecule has 2 heterocycles. The average molecular weight is 356 g/mol. The van der Waals surface area contributed by atoms with E-state index in [-0.39, 0.29) is 6.10 Å². The molecule has 0 saturated carbocycles. The summed E-state index contributed by atoms with van der Waals surface area (Å²) in [6.45, 7) is 11.5. The summed E-state index contributed by atoms with van der Waals surface area (Å²) in [6, 6.07) is 0. The molecule has 136 valence electrons. The van der Waals surface area contributed by atoms with Crippen molar-refractivity contribution in [1.82, 2.24) is 20.4 Å². The number of nitrogens with one attached hydrogen (secondary N) is 1. The smallest absolute Gasteiger partial charge is 0.246 e. The monoisotopic (exact) mass is 355 g/mol. The summed E-state index contributed by atoms with van der Waals surface area (Å²) in [6.07, 6.45) is -0.155. The normalized spacial score (nSPS) is 20.5. The molecule has 7 nitrogen and oxygen atoms in total. The molecule has 24 heavy (non-hydrogen) atoms. The Morgan fingerprint density at radius 2 is 2.29 bits per heavy atom. The Hall–Kier alpha value is -1.28. The molecule has 0 radical (unpaired) electrons. The molecule has 1 saturated heterocycles. The fourth-order valence-electron chi connectivity index (χ4n) is 2.59. The molecule has 1 aromatic rings. The zero-order valence-electron chi connectivity index (χ0n) is 15.3. The predicted octanol–water partition coefficient (Wildman–Crippen LogP) is 2.32. The Balaban J connectivity index is 1.90. The van der Waals surface area contributed by atoms with Crippen LogP contribution < -0.4 is 5.32 Å². The van der Waals surface area contributed by atoms with Crippen LogP contribution in [0.25, 0.3) is 0 Å². The number of thioether (sulfide) groups is 1. The second-order valence-corrected chi connectivity index (χ2v) is 7.49. The molecule has 2 unspecified atom stereocenters. The fourth-order valence-corrected chi connectivity index (χ4v) is 3.89. The summed E-state index contributed by atoms with van der Waals surface area (Å²) in [5.41, 5.74) is 0. The fraction of sp³-hybridized carbons (Fsp3) is 0.812. The number of hydrogen-bond donors (Lipinski definition) is 1. The number of nitrogens with zero attached hydrogens (tertiary/aromatic N) is 4. The first-order chi connectivity index (χ1) is 11.5. The van der Waals surface area contributed by atoms with Crippen LogP contribution in [0.5, 0.6) is 0 Å². The van der Waals surface area contributed by atoms with Crippen LogP contribution in [0.4, 0.5) is 0 Å². The highest BCUT2D eigenvalue weighted by Gasteiger charge is 2.25. The van der Waals surface area contributed by atoms with Crippen molar-refractivity contribution in [2.75, 3.05) is 32.5 Å². The van der Waals surface area contributed by atoms with Crippen molar-refractivity contribution in [3.63, 3.8) is 0 Å². The van der Waals surface area contributed by atoms with E-state index in [9.17, 15) is 0 Å². The second-order valence-electron chi connectivity index (χ2n) is 6.14. The molecule has 2 atom stereocenters. The van der Waals surface area contributed by atoms with Crippen LogP contribution in [0.1, 0.15) is 45.5 Å². The van der Waals surface area contributed by atoms with Crippen LogP contribution in [-0.4, -0.2) is 58.7 Å². The lowest BCUT2D eigenvalue weighted by Gasteiger charge is -2.36. The van der Waals surface area contributed by atoms with Gasteiger partial charge < -0.3 is 19.5 Å². The quantitative estimate of drug-likeness (QED) is 0.620. The van der Waals surface area contributed by atoms with Gasteiger partial charge in [0.05, 0.1) is 6.54 Å². The molecular formula is C16H29N5O2S. The largest absolute Gasteiger partial charge is 0.371 e. The van der Waals surface area contributed by atoms with Crippen LogP contribution in [0, 0.1) is 5.92 Å². The lowest BCUT2D eigenvalue weighted by molar-refractivity contribution is 0.0683. The molecule has 1 N–H and O–H groups in total. The Kier molecular flexibility index (Phi) is 7.36. The second kappa shape index (κ2) is 9.27. The molecule has 0 aliphatic carbocycles. The first-order valence-electron chi connectivity index (χ1n) is 8.56. The van der Waals surface area contributed by atoms with Crippen molar-refractivity contribution < 1.29 is 9.26 Å². The third kappa shape index (κ3) is 5.11. The van der Waals surface area contributed by atoms with Gasteiger partial charge in [-0.05, 0) is 19.8 Å². The maximum absolute atomic E-state index is 5.48. The van der Waals surface area contributed by atoms with Gasteiger partial charge in [-0.2, -0.15) is 16.7 Å². The number of ether oxygens (including phenoxy) is 1. The van der Waals surface area contributed by atoms with Gasteiger partial charge in [0.25, 0.3) is 0 Å². The molecule has 0 bridgehead atoms. The van der Waals surface area contributed by atoms with Gasteiger partial charge in [-0.1, -0.05) is 19.0 Å². The molecule has 1 aromatic heterocycles. The molecule has 0 aromatic carbocycles. The maximum Gasteiger partial charge on any atom is 0.246 e. The summed E-state index contributed by atoms with van der Waals surface area (Å²) in [5.74, 6) is 3.80. The van der Waals surface area contributed by atoms with Crippen LogP contribution >= 0.6 is 11.8 Å². The van der Waals surface area contributed by atoms with Crippen LogP contribution in [0.2, 0.25) is 0 Å². The van der Waals surface area contributed by atoms with Gasteiger partial charge in [0.2, 0.25) is 5.89 Å². The molecule has 2 rings (SSSR count). The van der Waals surface area contributed by atoms with Crippen LogP contribution in [0.3, 0.4) is 0 Å². The first-order valence-corrected chi connectivity index (χ1v) is 9.61. The van der Waals surface area contributed by atoms with Crippen LogP contribution in [0.15, 0.2) is 9.52 Å². The van der Waals surface area contributed by atoms with E-state index in [1.807, 2.05) is 32.7 Å². The van der Waals surface area contributed by atoms with Crippen molar-refractivity contribution in [3.05, 3.63) is 11.7 Å². The SMILES string of the molecule is CCOC(C)c1noc(CNC(=NC)N2CCSC(C(C)C)C2)n1. The highest BCUT2D eigenvalue weighted by molar-refractivity contribution is 8.00. The number of aliphatic imine (C=N–C) groups is 1. The molecule has 1 aliphatic rings. The molecule has 0 amide bonds. The van der Waals surface area contributed by atoms with Crippen molar-refractivity contribution in [2.24, 2.45) is 10.9 Å². The predicted molar refractivity (Wildman–Crippen MR) is 97.2 cm³/mol. The minimum Gasteiger partial charge on any atom is -0.371 e. The first kappa shape index (κ1) is 19.1. The van der Waals surface area contributed by atoms with Crippen LogP contribution in [-0.2, 0) is 11.3 Å². The number of guanidine groups is 1. The lowest BCUT2D eigenvalue weighted by atomic mass is 10.1. The van der Waals surface area contributed by atoms with Crippen molar-refractivity contribution in [3.8, 4) is 0 Å². The summed E-state index contributed by atoms with van der Waals surface area (Å²) in [7, 11) is 1.81. The van der Waals surface area contributed by atoms with E-state index in [0.717, 1.165) is 24.8 Å². The Morgan fingerprint density at radius 1 is 1.50 bits per heavy atom. The summed E-state index contributed by atoms with van der Waals surface area (Å²) >= 11 is 2.05. The Bertz CT molecular complexity index is 534. The molecular weight excluding hydrogens is 326 g/mol. The third-order valence-electron chi connectivity index (χ3n) is 4.01. The van der Waals surface area contributed by atoms with Gasteiger partial charge in [-0.15, -0.1) is 0 Å². The van der Waals surface area contributed by atoms with Crippen molar-refractivity contribution in [1.29, 1.82) is 0 Å². The van der Waals surface area contributed by atoms with Crippen molar-refractivity contribution in [2.45, 2.75) is 45.6 Å².